The molecule has 4 heteroatoms. The molecule has 13 heavy (non-hydrogen) atoms. The summed E-state index contributed by atoms with van der Waals surface area (Å²) in [6.07, 6.45) is 2.18. The van der Waals surface area contributed by atoms with Crippen molar-refractivity contribution in [2.24, 2.45) is 16.8 Å². The van der Waals surface area contributed by atoms with Crippen LogP contribution >= 0.6 is 0 Å². The lowest BCUT2D eigenvalue weighted by molar-refractivity contribution is 0.162. The van der Waals surface area contributed by atoms with Crippen molar-refractivity contribution in [2.45, 2.75) is 32.7 Å². The fraction of sp³-hybridized carbons (Fsp3) is 0.889. The van der Waals surface area contributed by atoms with E-state index >= 15 is 0 Å². The molecule has 1 saturated heterocycles. The van der Waals surface area contributed by atoms with Crippen LogP contribution in [-0.2, 0) is 0 Å². The van der Waals surface area contributed by atoms with Crippen LogP contribution in [0, 0.1) is 5.92 Å². The molecule has 3 N–H and O–H groups in total. The van der Waals surface area contributed by atoms with Gasteiger partial charge >= 0.3 is 0 Å². The number of amidine groups is 1. The van der Waals surface area contributed by atoms with E-state index in [0.29, 0.717) is 11.9 Å². The zero-order valence-electron chi connectivity index (χ0n) is 8.40. The number of rotatable bonds is 2. The Morgan fingerprint density at radius 1 is 1.62 bits per heavy atom. The highest BCUT2D eigenvalue weighted by atomic mass is 16.4. The van der Waals surface area contributed by atoms with E-state index in [1.165, 1.54) is 0 Å². The molecule has 1 rings (SSSR count). The van der Waals surface area contributed by atoms with Crippen LogP contribution in [0.25, 0.3) is 0 Å². The molecule has 1 atom stereocenters. The van der Waals surface area contributed by atoms with Crippen LogP contribution in [-0.4, -0.2) is 35.1 Å². The summed E-state index contributed by atoms with van der Waals surface area (Å²) in [4.78, 5) is 2.37. The summed E-state index contributed by atoms with van der Waals surface area (Å²) in [6, 6.07) is 0.550. The number of oxime groups is 1. The third-order valence-electron chi connectivity index (χ3n) is 2.72. The van der Waals surface area contributed by atoms with E-state index in [9.17, 15) is 0 Å². The summed E-state index contributed by atoms with van der Waals surface area (Å²) < 4.78 is 0. The van der Waals surface area contributed by atoms with Gasteiger partial charge in [-0.3, -0.25) is 0 Å². The molecule has 1 heterocycles. The van der Waals surface area contributed by atoms with E-state index in [1.54, 1.807) is 0 Å². The fourth-order valence-corrected chi connectivity index (χ4v) is 1.80. The van der Waals surface area contributed by atoms with Crippen LogP contribution in [0.3, 0.4) is 0 Å². The summed E-state index contributed by atoms with van der Waals surface area (Å²) in [5, 5.41) is 11.6. The van der Waals surface area contributed by atoms with E-state index in [0.717, 1.165) is 25.9 Å². The molecule has 1 fully saturated rings. The van der Waals surface area contributed by atoms with Crippen molar-refractivity contribution in [3.8, 4) is 0 Å². The standard InChI is InChI=1S/C9H19N3O/c1-7(2)12-5-3-4-8(6-12)9(10)11-13/h7-8,13H,3-6H2,1-2H3,(H2,10,11). The summed E-state index contributed by atoms with van der Waals surface area (Å²) >= 11 is 0. The van der Waals surface area contributed by atoms with Crippen LogP contribution in [0.2, 0.25) is 0 Å². The minimum absolute atomic E-state index is 0.237. The van der Waals surface area contributed by atoms with Crippen molar-refractivity contribution in [2.75, 3.05) is 13.1 Å². The maximum Gasteiger partial charge on any atom is 0.143 e. The number of hydrogen-bond acceptors (Lipinski definition) is 3. The molecule has 0 aromatic carbocycles. The highest BCUT2D eigenvalue weighted by Gasteiger charge is 2.24. The Labute approximate surface area is 79.4 Å². The first-order valence-electron chi connectivity index (χ1n) is 4.86. The van der Waals surface area contributed by atoms with Crippen molar-refractivity contribution < 1.29 is 5.21 Å². The van der Waals surface area contributed by atoms with Crippen molar-refractivity contribution in [1.82, 2.24) is 4.90 Å². The van der Waals surface area contributed by atoms with Gasteiger partial charge in [0, 0.05) is 18.5 Å². The van der Waals surface area contributed by atoms with Crippen molar-refractivity contribution in [3.63, 3.8) is 0 Å². The summed E-state index contributed by atoms with van der Waals surface area (Å²) in [5.74, 6) is 0.617. The molecule has 1 aliphatic heterocycles. The third kappa shape index (κ3) is 2.59. The first-order valence-corrected chi connectivity index (χ1v) is 4.86. The molecule has 0 amide bonds. The zero-order valence-corrected chi connectivity index (χ0v) is 8.40. The highest BCUT2D eigenvalue weighted by molar-refractivity contribution is 5.82. The lowest BCUT2D eigenvalue weighted by atomic mass is 9.96. The number of likely N-dealkylation sites (tertiary alicyclic amines) is 1. The Morgan fingerprint density at radius 3 is 2.85 bits per heavy atom. The molecule has 0 aromatic rings. The summed E-state index contributed by atoms with van der Waals surface area (Å²) in [6.45, 7) is 6.41. The maximum absolute atomic E-state index is 8.56. The van der Waals surface area contributed by atoms with E-state index in [1.807, 2.05) is 0 Å². The zero-order chi connectivity index (χ0) is 9.84. The van der Waals surface area contributed by atoms with Crippen LogP contribution in [0.5, 0.6) is 0 Å². The van der Waals surface area contributed by atoms with Crippen LogP contribution in [0.4, 0.5) is 0 Å². The van der Waals surface area contributed by atoms with Crippen molar-refractivity contribution in [1.29, 1.82) is 0 Å². The van der Waals surface area contributed by atoms with Gasteiger partial charge in [0.2, 0.25) is 0 Å². The topological polar surface area (TPSA) is 61.8 Å². The molecule has 0 aliphatic carbocycles. The largest absolute Gasteiger partial charge is 0.409 e. The van der Waals surface area contributed by atoms with Gasteiger partial charge in [-0.25, -0.2) is 0 Å². The molecule has 1 unspecified atom stereocenters. The summed E-state index contributed by atoms with van der Waals surface area (Å²) in [5.41, 5.74) is 5.58. The average molecular weight is 185 g/mol. The van der Waals surface area contributed by atoms with Gasteiger partial charge in [-0.1, -0.05) is 5.16 Å². The minimum Gasteiger partial charge on any atom is -0.409 e. The SMILES string of the molecule is CC(C)N1CCCC(/C(N)=N/O)C1. The Hall–Kier alpha value is -0.770. The Bertz CT molecular complexity index is 191. The quantitative estimate of drug-likeness (QED) is 0.290. The lowest BCUT2D eigenvalue weighted by Crippen LogP contribution is -2.44. The van der Waals surface area contributed by atoms with E-state index in [-0.39, 0.29) is 5.92 Å². The Kier molecular flexibility index (Phi) is 3.54. The van der Waals surface area contributed by atoms with Gasteiger partial charge in [0.05, 0.1) is 0 Å². The smallest absolute Gasteiger partial charge is 0.143 e. The molecule has 0 saturated carbocycles. The Balaban J connectivity index is 2.51. The van der Waals surface area contributed by atoms with E-state index in [4.69, 9.17) is 10.9 Å². The van der Waals surface area contributed by atoms with Gasteiger partial charge < -0.3 is 15.8 Å². The molecular formula is C9H19N3O. The van der Waals surface area contributed by atoms with Gasteiger partial charge in [-0.05, 0) is 33.2 Å². The number of nitrogens with zero attached hydrogens (tertiary/aromatic N) is 2. The molecule has 0 spiro atoms. The third-order valence-corrected chi connectivity index (χ3v) is 2.72. The normalized spacial score (nSPS) is 26.7. The van der Waals surface area contributed by atoms with Crippen LogP contribution in [0.1, 0.15) is 26.7 Å². The Morgan fingerprint density at radius 2 is 2.31 bits per heavy atom. The van der Waals surface area contributed by atoms with Gasteiger partial charge in [-0.15, -0.1) is 0 Å². The van der Waals surface area contributed by atoms with Gasteiger partial charge in [0.1, 0.15) is 5.84 Å². The molecule has 0 aromatic heterocycles. The van der Waals surface area contributed by atoms with Crippen LogP contribution < -0.4 is 5.73 Å². The lowest BCUT2D eigenvalue weighted by Gasteiger charge is -2.34. The van der Waals surface area contributed by atoms with Crippen molar-refractivity contribution in [3.05, 3.63) is 0 Å². The molecule has 76 valence electrons. The van der Waals surface area contributed by atoms with Gasteiger partial charge in [-0.2, -0.15) is 0 Å². The van der Waals surface area contributed by atoms with E-state index in [2.05, 4.69) is 23.9 Å². The van der Waals surface area contributed by atoms with Gasteiger partial charge in [0.15, 0.2) is 0 Å². The predicted octanol–water partition coefficient (Wildman–Crippen LogP) is 0.853. The molecule has 0 radical (unpaired) electrons. The average Bonchev–Trinajstić information content (AvgIpc) is 2.17. The second-order valence-electron chi connectivity index (χ2n) is 3.95. The summed E-state index contributed by atoms with van der Waals surface area (Å²) in [7, 11) is 0. The molecular weight excluding hydrogens is 166 g/mol. The second kappa shape index (κ2) is 4.46. The molecule has 0 bridgehead atoms. The van der Waals surface area contributed by atoms with Crippen molar-refractivity contribution >= 4 is 5.84 Å². The maximum atomic E-state index is 8.56. The second-order valence-corrected chi connectivity index (χ2v) is 3.95. The first kappa shape index (κ1) is 10.3. The molecule has 4 nitrogen and oxygen atoms in total. The van der Waals surface area contributed by atoms with Gasteiger partial charge in [0.25, 0.3) is 0 Å². The minimum atomic E-state index is 0.237. The molecule has 1 aliphatic rings. The predicted molar refractivity (Wildman–Crippen MR) is 52.8 cm³/mol. The highest BCUT2D eigenvalue weighted by Crippen LogP contribution is 2.18. The number of nitrogens with two attached hydrogens (primary N) is 1. The van der Waals surface area contributed by atoms with Crippen LogP contribution in [0.15, 0.2) is 5.16 Å². The number of hydrogen-bond donors (Lipinski definition) is 2. The first-order chi connectivity index (χ1) is 6.15. The number of piperidine rings is 1. The fourth-order valence-electron chi connectivity index (χ4n) is 1.80. The monoisotopic (exact) mass is 185 g/mol. The van der Waals surface area contributed by atoms with E-state index < -0.39 is 0 Å².